The number of rotatable bonds is 3. The molecule has 7 heteroatoms. The first-order chi connectivity index (χ1) is 5.58. The molecule has 0 saturated carbocycles. The van der Waals surface area contributed by atoms with Crippen LogP contribution in [0.15, 0.2) is 11.1 Å². The van der Waals surface area contributed by atoms with Crippen molar-refractivity contribution in [1.29, 1.82) is 0 Å². The van der Waals surface area contributed by atoms with Gasteiger partial charge in [-0.15, -0.1) is 0 Å². The summed E-state index contributed by atoms with van der Waals surface area (Å²) in [5.41, 5.74) is 0. The van der Waals surface area contributed by atoms with Crippen LogP contribution in [0.4, 0.5) is 0 Å². The summed E-state index contributed by atoms with van der Waals surface area (Å²) in [4.78, 5) is -0.0222. The summed E-state index contributed by atoms with van der Waals surface area (Å²) in [6.45, 7) is 2.01. The fourth-order valence-electron chi connectivity index (χ4n) is 0.714. The van der Waals surface area contributed by atoms with Gasteiger partial charge < -0.3 is 0 Å². The summed E-state index contributed by atoms with van der Waals surface area (Å²) in [5, 5.41) is 5.85. The number of nitrogens with zero attached hydrogens (tertiary/aromatic N) is 1. The molecular weight excluding hydrogens is 202 g/mol. The van der Waals surface area contributed by atoms with Crippen LogP contribution >= 0.6 is 11.6 Å². The highest BCUT2D eigenvalue weighted by molar-refractivity contribution is 7.89. The van der Waals surface area contributed by atoms with Crippen LogP contribution in [-0.4, -0.2) is 25.2 Å². The van der Waals surface area contributed by atoms with E-state index in [0.29, 0.717) is 6.54 Å². The van der Waals surface area contributed by atoms with Gasteiger partial charge in [-0.25, -0.2) is 13.1 Å². The van der Waals surface area contributed by atoms with Crippen molar-refractivity contribution in [2.24, 2.45) is 0 Å². The van der Waals surface area contributed by atoms with Crippen molar-refractivity contribution < 1.29 is 8.42 Å². The first kappa shape index (κ1) is 9.50. The van der Waals surface area contributed by atoms with E-state index in [4.69, 9.17) is 11.6 Å². The predicted molar refractivity (Wildman–Crippen MR) is 44.5 cm³/mol. The minimum Gasteiger partial charge on any atom is -0.266 e. The zero-order chi connectivity index (χ0) is 9.19. The summed E-state index contributed by atoms with van der Waals surface area (Å²) in [6.07, 6.45) is 1.17. The van der Waals surface area contributed by atoms with Gasteiger partial charge in [0.25, 0.3) is 0 Å². The molecular formula is C5H8ClN3O2S. The predicted octanol–water partition coefficient (Wildman–Crippen LogP) is 0.361. The first-order valence-electron chi connectivity index (χ1n) is 3.26. The van der Waals surface area contributed by atoms with E-state index in [1.807, 2.05) is 0 Å². The maximum absolute atomic E-state index is 11.3. The Balaban J connectivity index is 3.06. The van der Waals surface area contributed by atoms with E-state index in [-0.39, 0.29) is 10.0 Å². The van der Waals surface area contributed by atoms with Crippen molar-refractivity contribution >= 4 is 21.6 Å². The van der Waals surface area contributed by atoms with Gasteiger partial charge in [-0.1, -0.05) is 18.5 Å². The highest BCUT2D eigenvalue weighted by Crippen LogP contribution is 2.16. The van der Waals surface area contributed by atoms with Gasteiger partial charge in [0.15, 0.2) is 0 Å². The fourth-order valence-corrected chi connectivity index (χ4v) is 2.13. The third kappa shape index (κ3) is 1.77. The van der Waals surface area contributed by atoms with Crippen LogP contribution in [0.1, 0.15) is 6.92 Å². The lowest BCUT2D eigenvalue weighted by Crippen LogP contribution is -2.22. The topological polar surface area (TPSA) is 74.8 Å². The normalized spacial score (nSPS) is 11.8. The minimum atomic E-state index is -3.47. The summed E-state index contributed by atoms with van der Waals surface area (Å²) in [5.74, 6) is 0. The van der Waals surface area contributed by atoms with Gasteiger partial charge in [0.05, 0.1) is 6.20 Å². The van der Waals surface area contributed by atoms with E-state index in [9.17, 15) is 8.42 Å². The van der Waals surface area contributed by atoms with Gasteiger partial charge in [-0.2, -0.15) is 5.10 Å². The molecule has 5 nitrogen and oxygen atoms in total. The number of hydrogen-bond donors (Lipinski definition) is 2. The molecule has 0 spiro atoms. The molecule has 1 aromatic rings. The number of sulfonamides is 1. The van der Waals surface area contributed by atoms with Crippen LogP contribution in [0.25, 0.3) is 0 Å². The van der Waals surface area contributed by atoms with Gasteiger partial charge in [-0.05, 0) is 0 Å². The van der Waals surface area contributed by atoms with Gasteiger partial charge in [0, 0.05) is 6.54 Å². The third-order valence-electron chi connectivity index (χ3n) is 1.18. The van der Waals surface area contributed by atoms with Gasteiger partial charge >= 0.3 is 0 Å². The molecule has 1 heterocycles. The molecule has 2 N–H and O–H groups in total. The molecule has 0 aliphatic rings. The van der Waals surface area contributed by atoms with Crippen LogP contribution in [0.2, 0.25) is 5.15 Å². The van der Waals surface area contributed by atoms with Crippen LogP contribution in [0.5, 0.6) is 0 Å². The van der Waals surface area contributed by atoms with E-state index in [0.717, 1.165) is 0 Å². The molecule has 68 valence electrons. The highest BCUT2D eigenvalue weighted by atomic mass is 35.5. The second-order valence-electron chi connectivity index (χ2n) is 2.05. The molecule has 0 aliphatic carbocycles. The Kier molecular flexibility index (Phi) is 2.71. The van der Waals surface area contributed by atoms with Gasteiger partial charge in [0.2, 0.25) is 10.0 Å². The maximum Gasteiger partial charge on any atom is 0.245 e. The maximum atomic E-state index is 11.3. The van der Waals surface area contributed by atoms with Crippen molar-refractivity contribution in [2.45, 2.75) is 11.8 Å². The molecule has 0 aliphatic heterocycles. The number of aromatic nitrogens is 2. The SMILES string of the molecule is CCNS(=O)(=O)c1cn[nH]c1Cl. The van der Waals surface area contributed by atoms with Crippen LogP contribution in [-0.2, 0) is 10.0 Å². The Bertz CT molecular complexity index is 359. The van der Waals surface area contributed by atoms with E-state index in [1.165, 1.54) is 6.20 Å². The van der Waals surface area contributed by atoms with E-state index < -0.39 is 10.0 Å². The molecule has 0 saturated heterocycles. The lowest BCUT2D eigenvalue weighted by atomic mass is 10.7. The Morgan fingerprint density at radius 2 is 2.42 bits per heavy atom. The largest absolute Gasteiger partial charge is 0.266 e. The lowest BCUT2D eigenvalue weighted by molar-refractivity contribution is 0.584. The number of hydrogen-bond acceptors (Lipinski definition) is 3. The Morgan fingerprint density at radius 3 is 2.83 bits per heavy atom. The highest BCUT2D eigenvalue weighted by Gasteiger charge is 2.17. The molecule has 0 radical (unpaired) electrons. The Hall–Kier alpha value is -0.590. The molecule has 1 aromatic heterocycles. The summed E-state index contributed by atoms with van der Waals surface area (Å²) >= 11 is 5.52. The van der Waals surface area contributed by atoms with E-state index >= 15 is 0 Å². The monoisotopic (exact) mass is 209 g/mol. The Labute approximate surface area is 75.2 Å². The average Bonchev–Trinajstić information content (AvgIpc) is 2.35. The van der Waals surface area contributed by atoms with Crippen molar-refractivity contribution in [3.63, 3.8) is 0 Å². The molecule has 0 aromatic carbocycles. The zero-order valence-corrected chi connectivity index (χ0v) is 7.91. The van der Waals surface area contributed by atoms with Crippen molar-refractivity contribution in [2.75, 3.05) is 6.54 Å². The van der Waals surface area contributed by atoms with Gasteiger partial charge in [-0.3, -0.25) is 5.10 Å². The number of nitrogens with one attached hydrogen (secondary N) is 2. The fraction of sp³-hybridized carbons (Fsp3) is 0.400. The van der Waals surface area contributed by atoms with Crippen molar-refractivity contribution in [3.05, 3.63) is 11.3 Å². The summed E-state index contributed by atoms with van der Waals surface area (Å²) in [6, 6.07) is 0. The molecule has 0 unspecified atom stereocenters. The summed E-state index contributed by atoms with van der Waals surface area (Å²) in [7, 11) is -3.47. The second kappa shape index (κ2) is 3.42. The first-order valence-corrected chi connectivity index (χ1v) is 5.12. The van der Waals surface area contributed by atoms with Crippen molar-refractivity contribution in [1.82, 2.24) is 14.9 Å². The van der Waals surface area contributed by atoms with Crippen LogP contribution < -0.4 is 4.72 Å². The molecule has 0 atom stereocenters. The molecule has 1 rings (SSSR count). The van der Waals surface area contributed by atoms with Crippen LogP contribution in [0.3, 0.4) is 0 Å². The second-order valence-corrected chi connectivity index (χ2v) is 4.16. The molecule has 0 bridgehead atoms. The van der Waals surface area contributed by atoms with Crippen LogP contribution in [0, 0.1) is 0 Å². The van der Waals surface area contributed by atoms with Crippen molar-refractivity contribution in [3.8, 4) is 0 Å². The molecule has 0 fully saturated rings. The van der Waals surface area contributed by atoms with E-state index in [1.54, 1.807) is 6.92 Å². The number of halogens is 1. The molecule has 12 heavy (non-hydrogen) atoms. The standard InChI is InChI=1S/C5H8ClN3O2S/c1-2-8-12(10,11)4-3-7-9-5(4)6/h3,8H,2H2,1H3,(H,7,9). The smallest absolute Gasteiger partial charge is 0.245 e. The number of aromatic amines is 1. The van der Waals surface area contributed by atoms with E-state index in [2.05, 4.69) is 14.9 Å². The van der Waals surface area contributed by atoms with Gasteiger partial charge in [0.1, 0.15) is 10.0 Å². The average molecular weight is 210 g/mol. The number of H-pyrrole nitrogens is 1. The minimum absolute atomic E-state index is 0.0222. The summed E-state index contributed by atoms with van der Waals surface area (Å²) < 4.78 is 24.8. The molecule has 0 amide bonds. The quantitative estimate of drug-likeness (QED) is 0.755. The Morgan fingerprint density at radius 1 is 1.75 bits per heavy atom. The third-order valence-corrected chi connectivity index (χ3v) is 3.14. The lowest BCUT2D eigenvalue weighted by Gasteiger charge is -2.00. The zero-order valence-electron chi connectivity index (χ0n) is 6.33.